The summed E-state index contributed by atoms with van der Waals surface area (Å²) in [5.41, 5.74) is 0.866. The molecule has 4 nitrogen and oxygen atoms in total. The number of benzene rings is 1. The van der Waals surface area contributed by atoms with E-state index in [1.807, 2.05) is 0 Å². The minimum Gasteiger partial charge on any atom is -0.491 e. The molecule has 1 saturated heterocycles. The largest absolute Gasteiger partial charge is 0.491 e. The molecule has 118 valence electrons. The first-order valence-corrected chi connectivity index (χ1v) is 7.68. The van der Waals surface area contributed by atoms with Gasteiger partial charge >= 0.3 is 0 Å². The van der Waals surface area contributed by atoms with Crippen molar-refractivity contribution in [3.63, 3.8) is 0 Å². The third-order valence-corrected chi connectivity index (χ3v) is 3.60. The number of nitrogens with zero attached hydrogens (tertiary/aromatic N) is 1. The zero-order valence-electron chi connectivity index (χ0n) is 12.7. The Morgan fingerprint density at radius 1 is 1.19 bits per heavy atom. The molecular weight excluding hydrogens is 271 g/mol. The van der Waals surface area contributed by atoms with Gasteiger partial charge in [0.15, 0.2) is 0 Å². The van der Waals surface area contributed by atoms with Crippen molar-refractivity contribution >= 4 is 5.69 Å². The molecule has 1 aliphatic heterocycles. The van der Waals surface area contributed by atoms with Gasteiger partial charge in [0.2, 0.25) is 0 Å². The van der Waals surface area contributed by atoms with Crippen LogP contribution >= 0.6 is 0 Å². The van der Waals surface area contributed by atoms with E-state index < -0.39 is 0 Å². The van der Waals surface area contributed by atoms with E-state index in [2.05, 4.69) is 10.2 Å². The van der Waals surface area contributed by atoms with Gasteiger partial charge in [-0.15, -0.1) is 0 Å². The molecule has 0 atom stereocenters. The molecule has 0 aliphatic carbocycles. The third-order valence-electron chi connectivity index (χ3n) is 3.60. The molecule has 1 aliphatic rings. The van der Waals surface area contributed by atoms with E-state index in [1.54, 1.807) is 19.2 Å². The molecule has 0 aromatic heterocycles. The van der Waals surface area contributed by atoms with Gasteiger partial charge in [-0.05, 0) is 37.9 Å². The second-order valence-electron chi connectivity index (χ2n) is 5.25. The van der Waals surface area contributed by atoms with Crippen molar-refractivity contribution in [2.24, 2.45) is 0 Å². The van der Waals surface area contributed by atoms with Gasteiger partial charge in [0.25, 0.3) is 0 Å². The fraction of sp³-hybridized carbons (Fsp3) is 0.625. The Labute approximate surface area is 126 Å². The minimum atomic E-state index is -0.214. The van der Waals surface area contributed by atoms with E-state index in [9.17, 15) is 4.39 Å². The van der Waals surface area contributed by atoms with Gasteiger partial charge in [0.1, 0.15) is 11.6 Å². The number of rotatable bonds is 7. The van der Waals surface area contributed by atoms with Gasteiger partial charge in [0, 0.05) is 39.4 Å². The smallest absolute Gasteiger partial charge is 0.142 e. The molecule has 1 aromatic carbocycles. The summed E-state index contributed by atoms with van der Waals surface area (Å²) in [6, 6.07) is 4.78. The van der Waals surface area contributed by atoms with Crippen LogP contribution in [0.15, 0.2) is 18.2 Å². The number of methoxy groups -OCH3 is 1. The molecule has 0 unspecified atom stereocenters. The average molecular weight is 296 g/mol. The first-order valence-electron chi connectivity index (χ1n) is 7.68. The van der Waals surface area contributed by atoms with E-state index >= 15 is 0 Å². The topological polar surface area (TPSA) is 33.7 Å². The molecule has 1 aromatic rings. The fourth-order valence-electron chi connectivity index (χ4n) is 2.48. The summed E-state index contributed by atoms with van der Waals surface area (Å²) >= 11 is 0. The molecule has 2 rings (SSSR count). The molecule has 0 bridgehead atoms. The van der Waals surface area contributed by atoms with E-state index in [-0.39, 0.29) is 5.82 Å². The van der Waals surface area contributed by atoms with E-state index in [1.165, 1.54) is 6.07 Å². The maximum atomic E-state index is 13.6. The highest BCUT2D eigenvalue weighted by Crippen LogP contribution is 2.30. The first-order chi connectivity index (χ1) is 10.3. The van der Waals surface area contributed by atoms with Gasteiger partial charge < -0.3 is 19.7 Å². The third kappa shape index (κ3) is 5.17. The van der Waals surface area contributed by atoms with Gasteiger partial charge in [0.05, 0.1) is 12.3 Å². The summed E-state index contributed by atoms with van der Waals surface area (Å²) in [5, 5.41) is 3.36. The molecule has 0 spiro atoms. The SMILES string of the molecule is COCCCCOc1ccc(F)cc1N1CCCNCC1. The van der Waals surface area contributed by atoms with Crippen LogP contribution in [0, 0.1) is 5.82 Å². The maximum Gasteiger partial charge on any atom is 0.142 e. The second kappa shape index (κ2) is 8.85. The first kappa shape index (κ1) is 16.0. The van der Waals surface area contributed by atoms with Gasteiger partial charge in [-0.2, -0.15) is 0 Å². The number of hydrogen-bond acceptors (Lipinski definition) is 4. The van der Waals surface area contributed by atoms with Gasteiger partial charge in [-0.1, -0.05) is 0 Å². The highest BCUT2D eigenvalue weighted by molar-refractivity contribution is 5.58. The van der Waals surface area contributed by atoms with E-state index in [4.69, 9.17) is 9.47 Å². The van der Waals surface area contributed by atoms with E-state index in [0.29, 0.717) is 6.61 Å². The number of ether oxygens (including phenoxy) is 2. The number of unbranched alkanes of at least 4 members (excludes halogenated alkanes) is 1. The second-order valence-corrected chi connectivity index (χ2v) is 5.25. The Bertz CT molecular complexity index is 421. The lowest BCUT2D eigenvalue weighted by Gasteiger charge is -2.25. The van der Waals surface area contributed by atoms with Crippen LogP contribution in [0.3, 0.4) is 0 Å². The van der Waals surface area contributed by atoms with Crippen LogP contribution in [-0.4, -0.2) is 46.5 Å². The molecule has 1 N–H and O–H groups in total. The Hall–Kier alpha value is -1.33. The lowest BCUT2D eigenvalue weighted by Crippen LogP contribution is -2.28. The molecule has 21 heavy (non-hydrogen) atoms. The van der Waals surface area contributed by atoms with Crippen LogP contribution in [0.2, 0.25) is 0 Å². The maximum absolute atomic E-state index is 13.6. The molecule has 5 heteroatoms. The quantitative estimate of drug-likeness (QED) is 0.784. The van der Waals surface area contributed by atoms with Crippen LogP contribution in [0.4, 0.5) is 10.1 Å². The zero-order chi connectivity index (χ0) is 14.9. The summed E-state index contributed by atoms with van der Waals surface area (Å²) in [7, 11) is 1.70. The molecule has 0 amide bonds. The highest BCUT2D eigenvalue weighted by atomic mass is 19.1. The number of anilines is 1. The van der Waals surface area contributed by atoms with Crippen molar-refractivity contribution in [2.45, 2.75) is 19.3 Å². The van der Waals surface area contributed by atoms with Gasteiger partial charge in [-0.25, -0.2) is 4.39 Å². The summed E-state index contributed by atoms with van der Waals surface area (Å²) in [5.74, 6) is 0.560. The fourth-order valence-corrected chi connectivity index (χ4v) is 2.48. The summed E-state index contributed by atoms with van der Waals surface area (Å²) in [4.78, 5) is 2.20. The number of halogens is 1. The van der Waals surface area contributed by atoms with Crippen LogP contribution < -0.4 is 15.0 Å². The Morgan fingerprint density at radius 2 is 2.05 bits per heavy atom. The number of nitrogens with one attached hydrogen (secondary N) is 1. The Kier molecular flexibility index (Phi) is 6.76. The average Bonchev–Trinajstić information content (AvgIpc) is 2.77. The summed E-state index contributed by atoms with van der Waals surface area (Å²) < 4.78 is 24.4. The molecule has 0 radical (unpaired) electrons. The summed E-state index contributed by atoms with van der Waals surface area (Å²) in [6.07, 6.45) is 2.97. The van der Waals surface area contributed by atoms with Crippen LogP contribution in [0.1, 0.15) is 19.3 Å². The standard InChI is InChI=1S/C16H25FN2O2/c1-20-11-2-3-12-21-16-6-5-14(17)13-15(16)19-9-4-7-18-8-10-19/h5-6,13,18H,2-4,7-12H2,1H3. The lowest BCUT2D eigenvalue weighted by atomic mass is 10.2. The lowest BCUT2D eigenvalue weighted by molar-refractivity contribution is 0.184. The zero-order valence-corrected chi connectivity index (χ0v) is 12.7. The van der Waals surface area contributed by atoms with Crippen molar-refractivity contribution in [3.05, 3.63) is 24.0 Å². The Balaban J connectivity index is 1.98. The summed E-state index contributed by atoms with van der Waals surface area (Å²) in [6.45, 7) is 5.12. The minimum absolute atomic E-state index is 0.214. The van der Waals surface area contributed by atoms with E-state index in [0.717, 1.165) is 63.5 Å². The van der Waals surface area contributed by atoms with Crippen LogP contribution in [-0.2, 0) is 4.74 Å². The Morgan fingerprint density at radius 3 is 2.90 bits per heavy atom. The van der Waals surface area contributed by atoms with Crippen molar-refractivity contribution < 1.29 is 13.9 Å². The molecule has 1 fully saturated rings. The monoisotopic (exact) mass is 296 g/mol. The molecule has 1 heterocycles. The van der Waals surface area contributed by atoms with Crippen molar-refractivity contribution in [3.8, 4) is 5.75 Å². The molecule has 0 saturated carbocycles. The van der Waals surface area contributed by atoms with Crippen molar-refractivity contribution in [1.29, 1.82) is 0 Å². The van der Waals surface area contributed by atoms with Crippen LogP contribution in [0.25, 0.3) is 0 Å². The molecular formula is C16H25FN2O2. The van der Waals surface area contributed by atoms with Gasteiger partial charge in [-0.3, -0.25) is 0 Å². The predicted octanol–water partition coefficient (Wildman–Crippen LogP) is 2.43. The normalized spacial score (nSPS) is 15.8. The predicted molar refractivity (Wildman–Crippen MR) is 82.7 cm³/mol. The van der Waals surface area contributed by atoms with Crippen molar-refractivity contribution in [2.75, 3.05) is 51.4 Å². The van der Waals surface area contributed by atoms with Crippen molar-refractivity contribution in [1.82, 2.24) is 5.32 Å². The number of hydrogen-bond donors (Lipinski definition) is 1. The van der Waals surface area contributed by atoms with Crippen LogP contribution in [0.5, 0.6) is 5.75 Å². The highest BCUT2D eigenvalue weighted by Gasteiger charge is 2.15.